The van der Waals surface area contributed by atoms with Gasteiger partial charge in [-0.05, 0) is 32.1 Å². The summed E-state index contributed by atoms with van der Waals surface area (Å²) in [5, 5.41) is 5.37. The summed E-state index contributed by atoms with van der Waals surface area (Å²) >= 11 is 3.25. The molecule has 2 aromatic rings. The standard InChI is InChI=1S/C12H20N2O2S2.C11H19N3O2S2/c1-2-18(15,16)9-6-11-10-13-12(17-11)14-7-4-3-5-8-14;1-2-18(15,16)8-3-10-9-13-11(17-10)14-6-4-12-5-7-14/h10H,2-9H2,1H3;9,12H,2-8H2,1H3. The third kappa shape index (κ3) is 9.55. The molecule has 13 heteroatoms. The Morgan fingerprint density at radius 1 is 0.750 bits per heavy atom. The molecule has 2 saturated heterocycles. The minimum Gasteiger partial charge on any atom is -0.348 e. The molecule has 2 fully saturated rings. The number of anilines is 2. The lowest BCUT2D eigenvalue weighted by atomic mass is 10.1. The summed E-state index contributed by atoms with van der Waals surface area (Å²) in [5.41, 5.74) is 0. The third-order valence-corrected chi connectivity index (χ3v) is 11.9. The second kappa shape index (κ2) is 14.0. The van der Waals surface area contributed by atoms with Crippen LogP contribution in [0.15, 0.2) is 12.4 Å². The number of nitrogens with zero attached hydrogens (tertiary/aromatic N) is 4. The SMILES string of the molecule is CCS(=O)(=O)CCc1cnc(N2CCCCC2)s1.CCS(=O)(=O)CCc1cnc(N2CCNCC2)s1. The van der Waals surface area contributed by atoms with Crippen LogP contribution >= 0.6 is 22.7 Å². The Morgan fingerprint density at radius 2 is 1.19 bits per heavy atom. The highest BCUT2D eigenvalue weighted by atomic mass is 32.2. The Bertz CT molecular complexity index is 1040. The van der Waals surface area contributed by atoms with Crippen LogP contribution < -0.4 is 15.1 Å². The molecule has 4 rings (SSSR count). The molecule has 1 N–H and O–H groups in total. The number of nitrogens with one attached hydrogen (secondary N) is 1. The molecule has 204 valence electrons. The largest absolute Gasteiger partial charge is 0.348 e. The maximum absolute atomic E-state index is 11.5. The average molecular weight is 578 g/mol. The summed E-state index contributed by atoms with van der Waals surface area (Å²) in [6.07, 6.45) is 8.61. The first-order valence-electron chi connectivity index (χ1n) is 12.7. The fourth-order valence-electron chi connectivity index (χ4n) is 3.86. The van der Waals surface area contributed by atoms with E-state index in [2.05, 4.69) is 25.1 Å². The zero-order valence-corrected chi connectivity index (χ0v) is 24.6. The number of hydrogen-bond donors (Lipinski definition) is 1. The van der Waals surface area contributed by atoms with Crippen molar-refractivity contribution >= 4 is 52.6 Å². The number of thiazole rings is 2. The highest BCUT2D eigenvalue weighted by Gasteiger charge is 2.16. The number of aryl methyl sites for hydroxylation is 2. The van der Waals surface area contributed by atoms with Crippen LogP contribution in [0.3, 0.4) is 0 Å². The third-order valence-electron chi connectivity index (χ3n) is 6.30. The lowest BCUT2D eigenvalue weighted by Crippen LogP contribution is -2.43. The fourth-order valence-corrected chi connectivity index (χ4v) is 7.68. The van der Waals surface area contributed by atoms with Crippen molar-refractivity contribution in [2.45, 2.75) is 46.0 Å². The van der Waals surface area contributed by atoms with Crippen LogP contribution in [-0.2, 0) is 32.5 Å². The van der Waals surface area contributed by atoms with Crippen molar-refractivity contribution in [2.24, 2.45) is 0 Å². The number of piperidine rings is 1. The Balaban J connectivity index is 0.000000201. The van der Waals surface area contributed by atoms with Gasteiger partial charge in [-0.25, -0.2) is 26.8 Å². The molecule has 2 aromatic heterocycles. The van der Waals surface area contributed by atoms with E-state index >= 15 is 0 Å². The molecule has 0 spiro atoms. The zero-order chi connectivity index (χ0) is 26.0. The molecule has 36 heavy (non-hydrogen) atoms. The molecule has 2 aliphatic rings. The second-order valence-corrected chi connectivity index (χ2v) is 16.1. The maximum atomic E-state index is 11.5. The molecule has 0 amide bonds. The van der Waals surface area contributed by atoms with Crippen molar-refractivity contribution in [1.82, 2.24) is 15.3 Å². The molecule has 0 radical (unpaired) electrons. The van der Waals surface area contributed by atoms with Gasteiger partial charge in [-0.3, -0.25) is 0 Å². The van der Waals surface area contributed by atoms with Crippen LogP contribution in [-0.4, -0.2) is 89.1 Å². The minimum absolute atomic E-state index is 0.219. The molecule has 2 aliphatic heterocycles. The number of piperazine rings is 1. The van der Waals surface area contributed by atoms with Gasteiger partial charge in [0.2, 0.25) is 0 Å². The van der Waals surface area contributed by atoms with E-state index in [0.29, 0.717) is 12.8 Å². The fraction of sp³-hybridized carbons (Fsp3) is 0.739. The number of aromatic nitrogens is 2. The average Bonchev–Trinajstić information content (AvgIpc) is 3.58. The van der Waals surface area contributed by atoms with Crippen molar-refractivity contribution in [3.8, 4) is 0 Å². The maximum Gasteiger partial charge on any atom is 0.185 e. The van der Waals surface area contributed by atoms with Crippen LogP contribution in [0.1, 0.15) is 42.9 Å². The Labute approximate surface area is 224 Å². The van der Waals surface area contributed by atoms with E-state index in [9.17, 15) is 16.8 Å². The van der Waals surface area contributed by atoms with Crippen LogP contribution in [0.2, 0.25) is 0 Å². The van der Waals surface area contributed by atoms with E-state index in [4.69, 9.17) is 0 Å². The summed E-state index contributed by atoms with van der Waals surface area (Å²) in [6, 6.07) is 0. The highest BCUT2D eigenvalue weighted by Crippen LogP contribution is 2.26. The smallest absolute Gasteiger partial charge is 0.185 e. The van der Waals surface area contributed by atoms with Gasteiger partial charge in [-0.15, -0.1) is 22.7 Å². The Hall–Kier alpha value is -1.28. The molecule has 9 nitrogen and oxygen atoms in total. The van der Waals surface area contributed by atoms with Crippen LogP contribution in [0, 0.1) is 0 Å². The highest BCUT2D eigenvalue weighted by molar-refractivity contribution is 7.91. The molecule has 4 heterocycles. The van der Waals surface area contributed by atoms with Gasteiger partial charge < -0.3 is 15.1 Å². The molecule has 0 saturated carbocycles. The first-order chi connectivity index (χ1) is 17.2. The molecule has 0 atom stereocenters. The summed E-state index contributed by atoms with van der Waals surface area (Å²) in [7, 11) is -5.75. The quantitative estimate of drug-likeness (QED) is 0.455. The first kappa shape index (κ1) is 29.3. The number of rotatable bonds is 10. The molecular weight excluding hydrogens is 539 g/mol. The van der Waals surface area contributed by atoms with E-state index in [0.717, 1.165) is 59.3 Å². The van der Waals surface area contributed by atoms with Crippen molar-refractivity contribution < 1.29 is 16.8 Å². The van der Waals surface area contributed by atoms with Crippen LogP contribution in [0.5, 0.6) is 0 Å². The van der Waals surface area contributed by atoms with Gasteiger partial charge in [0.25, 0.3) is 0 Å². The predicted molar refractivity (Wildman–Crippen MR) is 151 cm³/mol. The van der Waals surface area contributed by atoms with Crippen LogP contribution in [0.25, 0.3) is 0 Å². The predicted octanol–water partition coefficient (Wildman–Crippen LogP) is 2.64. The summed E-state index contributed by atoms with van der Waals surface area (Å²) < 4.78 is 45.8. The zero-order valence-electron chi connectivity index (χ0n) is 21.3. The van der Waals surface area contributed by atoms with Gasteiger partial charge in [0.1, 0.15) is 19.7 Å². The first-order valence-corrected chi connectivity index (χ1v) is 18.0. The number of sulfone groups is 2. The van der Waals surface area contributed by atoms with Gasteiger partial charge in [-0.2, -0.15) is 0 Å². The normalized spacial score (nSPS) is 17.1. The monoisotopic (exact) mass is 577 g/mol. The van der Waals surface area contributed by atoms with Gasteiger partial charge in [0, 0.05) is 72.9 Å². The molecule has 0 aromatic carbocycles. The lowest BCUT2D eigenvalue weighted by Gasteiger charge is -2.26. The Morgan fingerprint density at radius 3 is 1.64 bits per heavy atom. The molecule has 0 bridgehead atoms. The van der Waals surface area contributed by atoms with E-state index < -0.39 is 19.7 Å². The van der Waals surface area contributed by atoms with E-state index in [1.165, 1.54) is 19.3 Å². The van der Waals surface area contributed by atoms with Gasteiger partial charge in [0.15, 0.2) is 10.3 Å². The minimum atomic E-state index is -2.88. The molecule has 0 unspecified atom stereocenters. The van der Waals surface area contributed by atoms with Gasteiger partial charge in [-0.1, -0.05) is 13.8 Å². The van der Waals surface area contributed by atoms with Crippen molar-refractivity contribution in [1.29, 1.82) is 0 Å². The second-order valence-electron chi connectivity index (χ2n) is 8.98. The van der Waals surface area contributed by atoms with E-state index in [-0.39, 0.29) is 23.0 Å². The summed E-state index contributed by atoms with van der Waals surface area (Å²) in [6.45, 7) is 9.47. The summed E-state index contributed by atoms with van der Waals surface area (Å²) in [5.74, 6) is 0.916. The van der Waals surface area contributed by atoms with E-state index in [1.54, 1.807) is 36.5 Å². The molecule has 0 aliphatic carbocycles. The Kier molecular flexibility index (Phi) is 11.4. The van der Waals surface area contributed by atoms with Gasteiger partial charge in [0.05, 0.1) is 11.5 Å². The van der Waals surface area contributed by atoms with Crippen molar-refractivity contribution in [3.05, 3.63) is 22.1 Å². The number of hydrogen-bond acceptors (Lipinski definition) is 11. The topological polar surface area (TPSA) is 113 Å². The van der Waals surface area contributed by atoms with E-state index in [1.807, 2.05) is 12.4 Å². The van der Waals surface area contributed by atoms with Crippen LogP contribution in [0.4, 0.5) is 10.3 Å². The summed E-state index contributed by atoms with van der Waals surface area (Å²) in [4.78, 5) is 15.5. The molecular formula is C23H39N5O4S4. The van der Waals surface area contributed by atoms with Gasteiger partial charge >= 0.3 is 0 Å². The van der Waals surface area contributed by atoms with Crippen molar-refractivity contribution in [3.63, 3.8) is 0 Å². The lowest BCUT2D eigenvalue weighted by molar-refractivity contribution is 0.577. The van der Waals surface area contributed by atoms with Crippen molar-refractivity contribution in [2.75, 3.05) is 72.1 Å².